The molecule has 5 rings (SSSR count). The minimum atomic E-state index is -1.37. The Kier molecular flexibility index (Phi) is 5.04. The minimum absolute atomic E-state index is 0.00668. The highest BCUT2D eigenvalue weighted by atomic mass is 16.5. The second-order valence-electron chi connectivity index (χ2n) is 8.63. The molecule has 0 saturated carbocycles. The number of nitrogens with one attached hydrogen (secondary N) is 2. The third-order valence-electron chi connectivity index (χ3n) is 6.67. The number of methoxy groups -OCH3 is 1. The summed E-state index contributed by atoms with van der Waals surface area (Å²) in [6, 6.07) is 6.55. The predicted octanol–water partition coefficient (Wildman–Crippen LogP) is 1.07. The summed E-state index contributed by atoms with van der Waals surface area (Å²) in [5.41, 5.74) is 0.848. The number of rotatable bonds is 5. The summed E-state index contributed by atoms with van der Waals surface area (Å²) in [6.45, 7) is 3.13. The van der Waals surface area contributed by atoms with Crippen LogP contribution in [0.3, 0.4) is 0 Å². The lowest BCUT2D eigenvalue weighted by Gasteiger charge is -2.33. The molecule has 0 bridgehead atoms. The molecule has 4 amide bonds. The number of hydrogen-bond donors (Lipinski definition) is 3. The zero-order valence-electron chi connectivity index (χ0n) is 18.5. The molecule has 4 heterocycles. The van der Waals surface area contributed by atoms with Crippen molar-refractivity contribution in [1.82, 2.24) is 20.4 Å². The molecule has 10 heteroatoms. The van der Waals surface area contributed by atoms with Crippen LogP contribution in [-0.2, 0) is 29.8 Å². The maximum Gasteiger partial charge on any atom is 0.317 e. The van der Waals surface area contributed by atoms with E-state index < -0.39 is 17.8 Å². The van der Waals surface area contributed by atoms with Gasteiger partial charge in [-0.2, -0.15) is 0 Å². The van der Waals surface area contributed by atoms with E-state index in [9.17, 15) is 19.5 Å². The number of hydrogen-bond acceptors (Lipinski definition) is 6. The quantitative estimate of drug-likeness (QED) is 0.621. The fourth-order valence-electron chi connectivity index (χ4n) is 4.84. The first-order chi connectivity index (χ1) is 15.8. The molecule has 0 radical (unpaired) electrons. The number of ether oxygens (including phenoxy) is 1. The number of urea groups is 1. The van der Waals surface area contributed by atoms with Gasteiger partial charge in [0, 0.05) is 43.6 Å². The van der Waals surface area contributed by atoms with Crippen molar-refractivity contribution in [2.45, 2.75) is 44.6 Å². The van der Waals surface area contributed by atoms with Crippen LogP contribution in [0.1, 0.15) is 46.3 Å². The maximum absolute atomic E-state index is 13.1. The zero-order chi connectivity index (χ0) is 23.3. The van der Waals surface area contributed by atoms with Gasteiger partial charge in [-0.3, -0.25) is 9.59 Å². The number of fused-ring (bicyclic) bond motifs is 2. The van der Waals surface area contributed by atoms with Crippen LogP contribution in [-0.4, -0.2) is 59.2 Å². The van der Waals surface area contributed by atoms with Crippen LogP contribution >= 0.6 is 0 Å². The molecule has 33 heavy (non-hydrogen) atoms. The van der Waals surface area contributed by atoms with Crippen molar-refractivity contribution in [3.8, 4) is 5.75 Å². The monoisotopic (exact) mass is 454 g/mol. The van der Waals surface area contributed by atoms with Crippen molar-refractivity contribution in [2.75, 3.05) is 20.2 Å². The molecule has 3 N–H and O–H groups in total. The molecule has 2 unspecified atom stereocenters. The van der Waals surface area contributed by atoms with Crippen LogP contribution in [0.5, 0.6) is 5.75 Å². The summed E-state index contributed by atoms with van der Waals surface area (Å²) >= 11 is 0. The van der Waals surface area contributed by atoms with Crippen molar-refractivity contribution in [2.24, 2.45) is 0 Å². The Morgan fingerprint density at radius 2 is 2.09 bits per heavy atom. The summed E-state index contributed by atoms with van der Waals surface area (Å²) in [5.74, 6) is 1.50. The van der Waals surface area contributed by atoms with Gasteiger partial charge in [0.1, 0.15) is 17.3 Å². The van der Waals surface area contributed by atoms with E-state index in [1.807, 2.05) is 13.0 Å². The van der Waals surface area contributed by atoms with Gasteiger partial charge < -0.3 is 34.7 Å². The van der Waals surface area contributed by atoms with Crippen molar-refractivity contribution in [3.05, 3.63) is 52.5 Å². The molecular weight excluding hydrogens is 428 g/mol. The van der Waals surface area contributed by atoms with Crippen molar-refractivity contribution in [3.63, 3.8) is 0 Å². The first kappa shape index (κ1) is 21.3. The van der Waals surface area contributed by atoms with Gasteiger partial charge in [-0.25, -0.2) is 4.79 Å². The standard InChI is InChI=1S/C23H26N4O6/c1-3-19(28)26-7-6-17-14(11-26)8-18(33-17)23(21(30)24-22(31)25-23)12-27-10-13-4-5-15(32-2)9-16(13)20(27)29/h4-5,8-9,21,30H,3,6-7,10-12H2,1-2H3,(H2,24,25,31). The van der Waals surface area contributed by atoms with Gasteiger partial charge in [0.2, 0.25) is 5.91 Å². The van der Waals surface area contributed by atoms with Crippen LogP contribution in [0.4, 0.5) is 4.79 Å². The number of amides is 4. The molecule has 174 valence electrons. The van der Waals surface area contributed by atoms with Crippen LogP contribution in [0, 0.1) is 0 Å². The van der Waals surface area contributed by atoms with E-state index >= 15 is 0 Å². The summed E-state index contributed by atoms with van der Waals surface area (Å²) in [4.78, 5) is 40.9. The topological polar surface area (TPSA) is 124 Å². The second kappa shape index (κ2) is 7.80. The highest BCUT2D eigenvalue weighted by molar-refractivity contribution is 5.99. The number of aliphatic hydroxyl groups is 1. The fraction of sp³-hybridized carbons (Fsp3) is 0.435. The molecule has 1 fully saturated rings. The van der Waals surface area contributed by atoms with Crippen LogP contribution in [0.15, 0.2) is 28.7 Å². The van der Waals surface area contributed by atoms with Crippen molar-refractivity contribution in [1.29, 1.82) is 0 Å². The van der Waals surface area contributed by atoms with Gasteiger partial charge in [-0.05, 0) is 23.8 Å². The number of carbonyl (C=O) groups is 3. The Balaban J connectivity index is 1.46. The second-order valence-corrected chi connectivity index (χ2v) is 8.63. The first-order valence-electron chi connectivity index (χ1n) is 11.0. The third kappa shape index (κ3) is 3.41. The Labute approximate surface area is 190 Å². The molecular formula is C23H26N4O6. The Morgan fingerprint density at radius 1 is 1.27 bits per heavy atom. The third-order valence-corrected chi connectivity index (χ3v) is 6.67. The summed E-state index contributed by atoms with van der Waals surface area (Å²) in [5, 5.41) is 16.1. The van der Waals surface area contributed by atoms with Crippen LogP contribution in [0.25, 0.3) is 0 Å². The van der Waals surface area contributed by atoms with Crippen molar-refractivity contribution >= 4 is 17.8 Å². The van der Waals surface area contributed by atoms with E-state index in [0.29, 0.717) is 49.5 Å². The van der Waals surface area contributed by atoms with E-state index in [0.717, 1.165) is 16.9 Å². The summed E-state index contributed by atoms with van der Waals surface area (Å²) in [6.07, 6.45) is -0.342. The Hall–Kier alpha value is -3.53. The van der Waals surface area contributed by atoms with Gasteiger partial charge in [0.25, 0.3) is 5.91 Å². The number of nitrogens with zero attached hydrogens (tertiary/aromatic N) is 2. The number of furan rings is 1. The summed E-state index contributed by atoms with van der Waals surface area (Å²) < 4.78 is 11.4. The molecule has 0 spiro atoms. The van der Waals surface area contributed by atoms with E-state index in [4.69, 9.17) is 9.15 Å². The van der Waals surface area contributed by atoms with E-state index in [2.05, 4.69) is 10.6 Å². The lowest BCUT2D eigenvalue weighted by molar-refractivity contribution is -0.131. The molecule has 1 saturated heterocycles. The van der Waals surface area contributed by atoms with Crippen LogP contribution < -0.4 is 15.4 Å². The molecule has 3 aliphatic heterocycles. The molecule has 10 nitrogen and oxygen atoms in total. The average molecular weight is 454 g/mol. The van der Waals surface area contributed by atoms with Gasteiger partial charge in [0.05, 0.1) is 13.7 Å². The molecule has 2 atom stereocenters. The molecule has 1 aromatic carbocycles. The van der Waals surface area contributed by atoms with E-state index in [1.54, 1.807) is 28.0 Å². The minimum Gasteiger partial charge on any atom is -0.497 e. The van der Waals surface area contributed by atoms with Gasteiger partial charge in [-0.15, -0.1) is 0 Å². The number of aliphatic hydroxyl groups excluding tert-OH is 1. The zero-order valence-corrected chi connectivity index (χ0v) is 18.5. The van der Waals surface area contributed by atoms with Gasteiger partial charge in [-0.1, -0.05) is 13.0 Å². The average Bonchev–Trinajstić information content (AvgIpc) is 3.46. The van der Waals surface area contributed by atoms with Gasteiger partial charge in [0.15, 0.2) is 11.8 Å². The molecule has 3 aliphatic rings. The largest absolute Gasteiger partial charge is 0.497 e. The smallest absolute Gasteiger partial charge is 0.317 e. The highest BCUT2D eigenvalue weighted by Gasteiger charge is 2.53. The highest BCUT2D eigenvalue weighted by Crippen LogP contribution is 2.37. The normalized spacial score (nSPS) is 23.8. The molecule has 0 aliphatic carbocycles. The lowest BCUT2D eigenvalue weighted by Crippen LogP contribution is -2.54. The lowest BCUT2D eigenvalue weighted by atomic mass is 9.93. The van der Waals surface area contributed by atoms with E-state index in [1.165, 1.54) is 7.11 Å². The van der Waals surface area contributed by atoms with Gasteiger partial charge >= 0.3 is 6.03 Å². The molecule has 2 aromatic rings. The number of benzene rings is 1. The predicted molar refractivity (Wildman–Crippen MR) is 115 cm³/mol. The van der Waals surface area contributed by atoms with Crippen molar-refractivity contribution < 1.29 is 28.6 Å². The SMILES string of the molecule is CCC(=O)N1CCc2oc(C3(CN4Cc5ccc(OC)cc5C4=O)NC(=O)NC3O)cc2C1. The number of carbonyl (C=O) groups excluding carboxylic acids is 3. The first-order valence-corrected chi connectivity index (χ1v) is 11.0. The van der Waals surface area contributed by atoms with Crippen LogP contribution in [0.2, 0.25) is 0 Å². The maximum atomic E-state index is 13.1. The Morgan fingerprint density at radius 3 is 2.79 bits per heavy atom. The Bertz CT molecular complexity index is 1140. The summed E-state index contributed by atoms with van der Waals surface area (Å²) in [7, 11) is 1.54. The van der Waals surface area contributed by atoms with E-state index in [-0.39, 0.29) is 18.4 Å². The molecule has 1 aromatic heterocycles. The fourth-order valence-corrected chi connectivity index (χ4v) is 4.84.